The molecule has 3 nitrogen and oxygen atoms in total. The fourth-order valence-electron chi connectivity index (χ4n) is 1.53. The van der Waals surface area contributed by atoms with Crippen molar-refractivity contribution in [2.75, 3.05) is 0 Å². The van der Waals surface area contributed by atoms with Gasteiger partial charge < -0.3 is 0 Å². The summed E-state index contributed by atoms with van der Waals surface area (Å²) < 4.78 is 0. The minimum atomic E-state index is 0.0441. The van der Waals surface area contributed by atoms with Crippen molar-refractivity contribution in [3.63, 3.8) is 0 Å². The molecule has 0 aromatic heterocycles. The van der Waals surface area contributed by atoms with Gasteiger partial charge in [0.1, 0.15) is 15.7 Å². The van der Waals surface area contributed by atoms with Gasteiger partial charge in [0, 0.05) is 0 Å². The zero-order valence-corrected chi connectivity index (χ0v) is 10.4. The number of carbonyl (C=O) groups is 1. The lowest BCUT2D eigenvalue weighted by Crippen LogP contribution is -2.02. The Labute approximate surface area is 108 Å². The molecule has 86 valence electrons. The van der Waals surface area contributed by atoms with E-state index in [-0.39, 0.29) is 5.78 Å². The third-order valence-electron chi connectivity index (χ3n) is 2.61. The molecule has 0 atom stereocenters. The maximum atomic E-state index is 11.2. The summed E-state index contributed by atoms with van der Waals surface area (Å²) in [5.74, 6) is 0.0441. The van der Waals surface area contributed by atoms with Crippen molar-refractivity contribution in [3.8, 4) is 0 Å². The van der Waals surface area contributed by atoms with E-state index in [4.69, 9.17) is 0 Å². The van der Waals surface area contributed by atoms with Crippen LogP contribution >= 0.6 is 0 Å². The van der Waals surface area contributed by atoms with E-state index in [1.807, 2.05) is 32.1 Å². The number of azo groups is 1. The van der Waals surface area contributed by atoms with Gasteiger partial charge in [-0.05, 0) is 35.3 Å². The summed E-state index contributed by atoms with van der Waals surface area (Å²) in [6, 6.07) is 7.81. The first-order chi connectivity index (χ1) is 8.65. The van der Waals surface area contributed by atoms with Crippen molar-refractivity contribution in [1.82, 2.24) is 0 Å². The van der Waals surface area contributed by atoms with Gasteiger partial charge in [-0.3, -0.25) is 4.79 Å². The molecular weight excluding hydrogens is 222 g/mol. The zero-order valence-electron chi connectivity index (χ0n) is 10.4. The van der Waals surface area contributed by atoms with E-state index in [0.29, 0.717) is 5.47 Å². The van der Waals surface area contributed by atoms with Crippen LogP contribution in [0.4, 0.5) is 5.69 Å². The number of rotatable bonds is 2. The van der Waals surface area contributed by atoms with E-state index < -0.39 is 0 Å². The highest BCUT2D eigenvalue weighted by atomic mass is 16.1. The summed E-state index contributed by atoms with van der Waals surface area (Å²) in [4.78, 5) is 11.2. The molecule has 0 fully saturated rings. The van der Waals surface area contributed by atoms with E-state index in [0.717, 1.165) is 11.3 Å². The summed E-state index contributed by atoms with van der Waals surface area (Å²) in [7, 11) is 3.82. The Hall–Kier alpha value is -2.16. The van der Waals surface area contributed by atoms with Gasteiger partial charge in [0.05, 0.1) is 11.9 Å². The van der Waals surface area contributed by atoms with Crippen molar-refractivity contribution >= 4 is 32.6 Å². The van der Waals surface area contributed by atoms with E-state index in [2.05, 4.69) is 10.2 Å². The number of benzene rings is 1. The maximum Gasteiger partial charge on any atom is 0.172 e. The lowest BCUT2D eigenvalue weighted by Gasteiger charge is -2.02. The predicted octanol–water partition coefficient (Wildman–Crippen LogP) is 0.568. The Morgan fingerprint density at radius 1 is 1.06 bits per heavy atom. The minimum Gasteiger partial charge on any atom is -0.291 e. The first-order valence-electron chi connectivity index (χ1n) is 5.73. The fraction of sp³-hybridized carbons (Fsp3) is 0. The molecule has 0 unspecified atom stereocenters. The quantitative estimate of drug-likeness (QED) is 0.544. The van der Waals surface area contributed by atoms with Crippen LogP contribution in [-0.2, 0) is 4.79 Å². The zero-order chi connectivity index (χ0) is 13.0. The second-order valence-electron chi connectivity index (χ2n) is 4.21. The van der Waals surface area contributed by atoms with Gasteiger partial charge in [-0.1, -0.05) is 23.7 Å². The Balaban J connectivity index is 2.09. The molecule has 1 aromatic rings. The maximum absolute atomic E-state index is 11.2. The molecule has 0 aliphatic heterocycles. The average molecular weight is 234 g/mol. The molecule has 0 radical (unpaired) electrons. The summed E-state index contributed by atoms with van der Waals surface area (Å²) >= 11 is 0. The summed E-state index contributed by atoms with van der Waals surface area (Å²) in [5.41, 5.74) is 3.60. The lowest BCUT2D eigenvalue weighted by atomic mass is 9.86. The highest BCUT2D eigenvalue weighted by Crippen LogP contribution is 2.13. The largest absolute Gasteiger partial charge is 0.291 e. The molecule has 0 amide bonds. The normalized spacial score (nSPS) is 17.4. The van der Waals surface area contributed by atoms with Gasteiger partial charge >= 0.3 is 0 Å². The van der Waals surface area contributed by atoms with Crippen molar-refractivity contribution in [2.24, 2.45) is 10.2 Å². The summed E-state index contributed by atoms with van der Waals surface area (Å²) in [6.45, 7) is 0. The van der Waals surface area contributed by atoms with Crippen LogP contribution in [0.2, 0.25) is 0 Å². The summed E-state index contributed by atoms with van der Waals surface area (Å²) in [6.07, 6.45) is 6.73. The number of ketones is 1. The van der Waals surface area contributed by atoms with Crippen LogP contribution in [0.15, 0.2) is 70.0 Å². The molecule has 1 aliphatic carbocycles. The molecule has 2 rings (SSSR count). The molecule has 18 heavy (non-hydrogen) atoms. The molecule has 1 aliphatic rings. The van der Waals surface area contributed by atoms with Gasteiger partial charge in [-0.15, -0.1) is 0 Å². The van der Waals surface area contributed by atoms with Crippen LogP contribution in [0, 0.1) is 0 Å². The third kappa shape index (κ3) is 3.17. The minimum absolute atomic E-state index is 0.0441. The van der Waals surface area contributed by atoms with Crippen LogP contribution < -0.4 is 5.46 Å². The topological polar surface area (TPSA) is 41.8 Å². The molecule has 5 heteroatoms. The monoisotopic (exact) mass is 234 g/mol. The predicted molar refractivity (Wildman–Crippen MR) is 78.0 cm³/mol. The van der Waals surface area contributed by atoms with Crippen molar-refractivity contribution in [2.45, 2.75) is 0 Å². The number of hydrogen-bond acceptors (Lipinski definition) is 3. The Bertz CT molecular complexity index is 584. The van der Waals surface area contributed by atoms with E-state index >= 15 is 0 Å². The molecule has 0 N–H and O–H groups in total. The van der Waals surface area contributed by atoms with Crippen molar-refractivity contribution in [1.29, 1.82) is 0 Å². The molecule has 1 aromatic carbocycles. The number of hydrogen-bond donors (Lipinski definition) is 0. The standard InChI is InChI=1S/C13H12B2N2O/c14-10-2-4-11(5-3-10)17-16-8-9-1-6-13(18)12(15)7-9/h1-8H,14-15H2/b9-8-,17-16?. The lowest BCUT2D eigenvalue weighted by molar-refractivity contribution is -0.110. The van der Waals surface area contributed by atoms with E-state index in [1.165, 1.54) is 5.46 Å². The van der Waals surface area contributed by atoms with Gasteiger partial charge in [-0.25, -0.2) is 0 Å². The molecular formula is C13H12B2N2O. The number of nitrogens with zero attached hydrogens (tertiary/aromatic N) is 2. The first-order valence-corrected chi connectivity index (χ1v) is 5.73. The van der Waals surface area contributed by atoms with Crippen molar-refractivity contribution < 1.29 is 4.79 Å². The van der Waals surface area contributed by atoms with Gasteiger partial charge in [0.15, 0.2) is 5.78 Å². The van der Waals surface area contributed by atoms with Crippen LogP contribution in [-0.4, -0.2) is 21.5 Å². The number of carbonyl (C=O) groups excluding carboxylic acids is 1. The van der Waals surface area contributed by atoms with E-state index in [9.17, 15) is 4.79 Å². The Morgan fingerprint density at radius 3 is 2.44 bits per heavy atom. The summed E-state index contributed by atoms with van der Waals surface area (Å²) in [5, 5.41) is 8.10. The molecule has 0 saturated carbocycles. The van der Waals surface area contributed by atoms with Gasteiger partial charge in [0.25, 0.3) is 0 Å². The Morgan fingerprint density at radius 2 is 1.78 bits per heavy atom. The molecule has 0 bridgehead atoms. The van der Waals surface area contributed by atoms with Gasteiger partial charge in [0.2, 0.25) is 0 Å². The average Bonchev–Trinajstić information content (AvgIpc) is 2.36. The molecule has 0 spiro atoms. The van der Waals surface area contributed by atoms with Crippen LogP contribution in [0.25, 0.3) is 0 Å². The third-order valence-corrected chi connectivity index (χ3v) is 2.61. The van der Waals surface area contributed by atoms with Crippen LogP contribution in [0.3, 0.4) is 0 Å². The van der Waals surface area contributed by atoms with Crippen molar-refractivity contribution in [3.05, 3.63) is 59.7 Å². The highest BCUT2D eigenvalue weighted by molar-refractivity contribution is 6.39. The van der Waals surface area contributed by atoms with E-state index in [1.54, 1.807) is 32.3 Å². The fourth-order valence-corrected chi connectivity index (χ4v) is 1.53. The first kappa shape index (κ1) is 12.3. The SMILES string of the molecule is BC1=C/C(=C\N=Nc2ccc(B)cc2)C=CC1=O. The highest BCUT2D eigenvalue weighted by Gasteiger charge is 2.04. The van der Waals surface area contributed by atoms with Gasteiger partial charge in [-0.2, -0.15) is 10.2 Å². The van der Waals surface area contributed by atoms with Crippen LogP contribution in [0.1, 0.15) is 0 Å². The molecule has 0 saturated heterocycles. The van der Waals surface area contributed by atoms with Crippen LogP contribution in [0.5, 0.6) is 0 Å². The second kappa shape index (κ2) is 5.45. The number of allylic oxidation sites excluding steroid dienone is 5. The second-order valence-corrected chi connectivity index (χ2v) is 4.21. The smallest absolute Gasteiger partial charge is 0.172 e. The molecule has 0 heterocycles. The Kier molecular flexibility index (Phi) is 3.72.